The van der Waals surface area contributed by atoms with Crippen LogP contribution in [0.15, 0.2) is 65.2 Å². The van der Waals surface area contributed by atoms with Crippen LogP contribution in [0.2, 0.25) is 10.0 Å². The molecular weight excluding hydrogens is 860 g/mol. The van der Waals surface area contributed by atoms with Crippen LogP contribution in [0.1, 0.15) is 74.7 Å². The molecule has 8 rings (SSSR count). The summed E-state index contributed by atoms with van der Waals surface area (Å²) in [5.41, 5.74) is 12.0. The number of hydrogen-bond donors (Lipinski definition) is 3. The number of aromatic nitrogens is 1. The summed E-state index contributed by atoms with van der Waals surface area (Å²) >= 11 is 12.7. The van der Waals surface area contributed by atoms with Crippen LogP contribution in [0, 0.1) is 11.3 Å². The number of amides is 1. The largest absolute Gasteiger partial charge is 0.489 e. The summed E-state index contributed by atoms with van der Waals surface area (Å²) in [6.45, 7) is 8.72. The van der Waals surface area contributed by atoms with E-state index in [0.717, 1.165) is 94.7 Å². The molecule has 17 heteroatoms. The van der Waals surface area contributed by atoms with Crippen molar-refractivity contribution < 1.29 is 31.5 Å². The zero-order valence-corrected chi connectivity index (χ0v) is 37.7. The summed E-state index contributed by atoms with van der Waals surface area (Å²) in [5, 5.41) is 0.661. The van der Waals surface area contributed by atoms with Gasteiger partial charge in [-0.1, -0.05) is 54.8 Å². The molecular formula is C45H57Cl2F2N7O5S. The Bertz CT molecular complexity index is 2220. The minimum Gasteiger partial charge on any atom is -0.489 e. The van der Waals surface area contributed by atoms with Gasteiger partial charge in [0.2, 0.25) is 5.88 Å². The minimum absolute atomic E-state index is 0.00701. The van der Waals surface area contributed by atoms with Crippen molar-refractivity contribution in [3.63, 3.8) is 0 Å². The molecule has 1 saturated carbocycles. The number of carbonyl (C=O) groups excluding carboxylic acids is 1. The average molecular weight is 917 g/mol. The van der Waals surface area contributed by atoms with Crippen LogP contribution >= 0.6 is 23.2 Å². The Kier molecular flexibility index (Phi) is 14.0. The summed E-state index contributed by atoms with van der Waals surface area (Å²) in [4.78, 5) is 24.3. The Hall–Kier alpha value is -3.57. The Balaban J connectivity index is 0.967. The fraction of sp³-hybridized carbons (Fsp3) is 0.556. The molecule has 1 aromatic heterocycles. The van der Waals surface area contributed by atoms with Crippen molar-refractivity contribution in [3.05, 3.63) is 81.5 Å². The topological polar surface area (TPSA) is 128 Å². The molecule has 4 fully saturated rings. The number of hydrazine groups is 1. The number of ether oxygens (including phenoxy) is 2. The van der Waals surface area contributed by atoms with Gasteiger partial charge in [-0.15, -0.1) is 0 Å². The highest BCUT2D eigenvalue weighted by atomic mass is 35.5. The van der Waals surface area contributed by atoms with Gasteiger partial charge in [0.05, 0.1) is 17.8 Å². The van der Waals surface area contributed by atoms with E-state index in [1.54, 1.807) is 11.0 Å². The first-order valence-corrected chi connectivity index (χ1v) is 24.0. The molecule has 336 valence electrons. The Morgan fingerprint density at radius 1 is 1.00 bits per heavy atom. The Labute approximate surface area is 373 Å². The van der Waals surface area contributed by atoms with Gasteiger partial charge in [0, 0.05) is 81.1 Å². The van der Waals surface area contributed by atoms with Crippen LogP contribution in [0.25, 0.3) is 5.57 Å². The van der Waals surface area contributed by atoms with Gasteiger partial charge in [0.1, 0.15) is 41.2 Å². The standard InChI is InChI=1S/C45H57Cl2F2N7O5S/c1-45(2)14-12-30(37(22-45)29-6-8-31(46)9-7-29)27-54-16-18-55(19-17-54)32-10-11-36(42(20-32)61-41-5-3-4-40-38(41)26-51-52-40)43(57)53-62(58,59)35-21-39(47)44(50-25-35)60-34-13-15-56(28-34)33(23-48)24-49/h6-11,20-21,25,33-34,38,40-41,51-52H,3-5,12-19,22-24,26-28H2,1-2H3,(H,53,57)/t34-,38?,40?,41?/m1/s1. The van der Waals surface area contributed by atoms with Crippen molar-refractivity contribution in [2.45, 2.75) is 88.0 Å². The van der Waals surface area contributed by atoms with Crippen molar-refractivity contribution >= 4 is 50.4 Å². The molecule has 12 nitrogen and oxygen atoms in total. The molecule has 2 aliphatic carbocycles. The molecule has 62 heavy (non-hydrogen) atoms. The first-order chi connectivity index (χ1) is 29.8. The lowest BCUT2D eigenvalue weighted by Gasteiger charge is -2.39. The number of benzene rings is 2. The number of nitrogens with zero attached hydrogens (tertiary/aromatic N) is 4. The van der Waals surface area contributed by atoms with Crippen molar-refractivity contribution in [3.8, 4) is 11.6 Å². The second-order valence-electron chi connectivity index (χ2n) is 18.1. The zero-order valence-electron chi connectivity index (χ0n) is 35.4. The molecule has 3 N–H and O–H groups in total. The lowest BCUT2D eigenvalue weighted by molar-refractivity contribution is 0.0876. The number of alkyl halides is 2. The van der Waals surface area contributed by atoms with Gasteiger partial charge < -0.3 is 14.4 Å². The summed E-state index contributed by atoms with van der Waals surface area (Å²) in [5.74, 6) is -0.342. The van der Waals surface area contributed by atoms with Crippen LogP contribution < -0.4 is 29.9 Å². The van der Waals surface area contributed by atoms with Gasteiger partial charge in [0.25, 0.3) is 15.9 Å². The average Bonchev–Trinajstić information content (AvgIpc) is 3.94. The van der Waals surface area contributed by atoms with E-state index in [4.69, 9.17) is 32.7 Å². The Morgan fingerprint density at radius 2 is 1.77 bits per heavy atom. The Morgan fingerprint density at radius 3 is 2.52 bits per heavy atom. The highest BCUT2D eigenvalue weighted by Crippen LogP contribution is 2.43. The number of rotatable bonds is 14. The fourth-order valence-corrected chi connectivity index (χ4v) is 11.0. The monoisotopic (exact) mass is 915 g/mol. The third-order valence-corrected chi connectivity index (χ3v) is 15.1. The second-order valence-corrected chi connectivity index (χ2v) is 20.7. The number of hydrogen-bond acceptors (Lipinski definition) is 11. The maximum absolute atomic E-state index is 14.0. The molecule has 1 amide bonds. The quantitative estimate of drug-likeness (QED) is 0.154. The lowest BCUT2D eigenvalue weighted by atomic mass is 9.72. The summed E-state index contributed by atoms with van der Waals surface area (Å²) < 4.78 is 68.6. The molecule has 0 radical (unpaired) electrons. The number of anilines is 1. The number of sulfonamides is 1. The summed E-state index contributed by atoms with van der Waals surface area (Å²) in [6, 6.07) is 14.2. The molecule has 3 unspecified atom stereocenters. The number of halogens is 4. The predicted molar refractivity (Wildman–Crippen MR) is 238 cm³/mol. The van der Waals surface area contributed by atoms with Gasteiger partial charge in [-0.05, 0) is 91.8 Å². The maximum Gasteiger partial charge on any atom is 0.268 e. The molecule has 3 aromatic rings. The third-order valence-electron chi connectivity index (χ3n) is 13.3. The van der Waals surface area contributed by atoms with Crippen LogP contribution in [0.4, 0.5) is 14.5 Å². The first-order valence-electron chi connectivity index (χ1n) is 21.8. The van der Waals surface area contributed by atoms with E-state index in [9.17, 15) is 22.0 Å². The van der Waals surface area contributed by atoms with Crippen molar-refractivity contribution in [1.29, 1.82) is 0 Å². The lowest BCUT2D eigenvalue weighted by Crippen LogP contribution is -2.47. The summed E-state index contributed by atoms with van der Waals surface area (Å²) in [7, 11) is -4.44. The second kappa shape index (κ2) is 19.3. The number of allylic oxidation sites excluding steroid dienone is 1. The number of carbonyl (C=O) groups is 1. The van der Waals surface area contributed by atoms with Crippen LogP contribution in [-0.2, 0) is 10.0 Å². The van der Waals surface area contributed by atoms with E-state index < -0.39 is 41.4 Å². The highest BCUT2D eigenvalue weighted by Gasteiger charge is 2.39. The van der Waals surface area contributed by atoms with Crippen LogP contribution in [0.3, 0.4) is 0 Å². The first kappa shape index (κ1) is 45.0. The zero-order chi connectivity index (χ0) is 43.6. The number of nitrogens with one attached hydrogen (secondary N) is 3. The van der Waals surface area contributed by atoms with E-state index >= 15 is 0 Å². The molecule has 4 atom stereocenters. The van der Waals surface area contributed by atoms with E-state index in [1.807, 2.05) is 24.3 Å². The predicted octanol–water partition coefficient (Wildman–Crippen LogP) is 7.08. The number of pyridine rings is 1. The fourth-order valence-electron chi connectivity index (χ4n) is 9.64. The molecule has 0 spiro atoms. The molecule has 0 bridgehead atoms. The van der Waals surface area contributed by atoms with Crippen LogP contribution in [0.5, 0.6) is 11.6 Å². The van der Waals surface area contributed by atoms with Gasteiger partial charge in [-0.2, -0.15) is 0 Å². The summed E-state index contributed by atoms with van der Waals surface area (Å²) in [6.07, 6.45) is 6.99. The van der Waals surface area contributed by atoms with Gasteiger partial charge in [-0.3, -0.25) is 25.4 Å². The maximum atomic E-state index is 14.0. The third kappa shape index (κ3) is 10.3. The van der Waals surface area contributed by atoms with Crippen molar-refractivity contribution in [2.24, 2.45) is 11.3 Å². The normalized spacial score (nSPS) is 24.7. The number of likely N-dealkylation sites (tertiary alicyclic amines) is 1. The molecule has 4 heterocycles. The molecule has 3 saturated heterocycles. The van der Waals surface area contributed by atoms with Gasteiger partial charge in [-0.25, -0.2) is 26.9 Å². The van der Waals surface area contributed by atoms with E-state index in [0.29, 0.717) is 18.7 Å². The number of piperazine rings is 1. The van der Waals surface area contributed by atoms with E-state index in [1.165, 1.54) is 22.8 Å². The number of fused-ring (bicyclic) bond motifs is 1. The van der Waals surface area contributed by atoms with Gasteiger partial charge >= 0.3 is 0 Å². The van der Waals surface area contributed by atoms with E-state index in [2.05, 4.69) is 56.3 Å². The van der Waals surface area contributed by atoms with Crippen LogP contribution in [-0.4, -0.2) is 119 Å². The molecule has 3 aliphatic heterocycles. The molecule has 5 aliphatic rings. The van der Waals surface area contributed by atoms with Gasteiger partial charge in [0.15, 0.2) is 0 Å². The smallest absolute Gasteiger partial charge is 0.268 e. The van der Waals surface area contributed by atoms with Crippen molar-refractivity contribution in [2.75, 3.05) is 70.6 Å². The molecule has 2 aromatic carbocycles. The van der Waals surface area contributed by atoms with E-state index in [-0.39, 0.29) is 51.4 Å². The minimum atomic E-state index is -4.44. The SMILES string of the molecule is CC1(C)CCC(CN2CCN(c3ccc(C(=O)NS(=O)(=O)c4cnc(O[C@@H]5CCN(C(CF)CF)C5)c(Cl)c4)c(OC4CCCC5NNCC54)c3)CC2)=C(c2ccc(Cl)cc2)C1. The highest BCUT2D eigenvalue weighted by molar-refractivity contribution is 7.90. The van der Waals surface area contributed by atoms with Crippen molar-refractivity contribution in [1.82, 2.24) is 30.4 Å².